The fraction of sp³-hybridized carbons (Fsp3) is 1.00. The summed E-state index contributed by atoms with van der Waals surface area (Å²) in [6, 6.07) is 0.786. The van der Waals surface area contributed by atoms with Gasteiger partial charge in [-0.3, -0.25) is 0 Å². The van der Waals surface area contributed by atoms with Gasteiger partial charge in [-0.1, -0.05) is 39.5 Å². The van der Waals surface area contributed by atoms with Crippen LogP contribution in [-0.4, -0.2) is 51.9 Å². The third kappa shape index (κ3) is 21.8. The maximum absolute atomic E-state index is 3.38. The summed E-state index contributed by atoms with van der Waals surface area (Å²) >= 11 is 0. The Bertz CT molecular complexity index is 193. The van der Waals surface area contributed by atoms with Crippen molar-refractivity contribution in [2.24, 2.45) is 0 Å². The van der Waals surface area contributed by atoms with Crippen LogP contribution in [0.4, 0.5) is 0 Å². The van der Waals surface area contributed by atoms with Crippen molar-refractivity contribution in [1.29, 1.82) is 0 Å². The topological polar surface area (TPSA) is 48.1 Å². The molecule has 0 bridgehead atoms. The molecule has 0 aromatic rings. The largest absolute Gasteiger partial charge is 0.317 e. The van der Waals surface area contributed by atoms with Crippen LogP contribution in [0.15, 0.2) is 0 Å². The maximum Gasteiger partial charge on any atom is 0.00387 e. The molecule has 3 fully saturated rings. The van der Waals surface area contributed by atoms with Crippen molar-refractivity contribution >= 4 is 0 Å². The predicted octanol–water partition coefficient (Wildman–Crippen LogP) is 3.67. The van der Waals surface area contributed by atoms with Crippen LogP contribution in [0.5, 0.6) is 0 Å². The molecule has 25 heavy (non-hydrogen) atoms. The Labute approximate surface area is 158 Å². The van der Waals surface area contributed by atoms with Gasteiger partial charge in [0.05, 0.1) is 0 Å². The van der Waals surface area contributed by atoms with Crippen LogP contribution in [-0.2, 0) is 0 Å². The average molecular weight is 357 g/mol. The molecule has 0 amide bonds. The standard InChI is InChI=1S/2C6H13N.C5H11N.C4H11N/c1-6-4-2-3-5-7-6;1-2-4-6-7-5-3-1;1-2-4-6-5-3-1;1-3-5-4-2/h6-7H,2-5H2,1H3;7H,1-6H2;6H,1-5H2;5H,3-4H2,1-2H3. The molecule has 0 saturated carbocycles. The normalized spacial score (nSPS) is 23.4. The summed E-state index contributed by atoms with van der Waals surface area (Å²) < 4.78 is 0. The zero-order valence-electron chi connectivity index (χ0n) is 17.6. The number of hydrogen-bond donors (Lipinski definition) is 4. The Morgan fingerprint density at radius 2 is 1.08 bits per heavy atom. The van der Waals surface area contributed by atoms with Crippen molar-refractivity contribution in [1.82, 2.24) is 21.3 Å². The summed E-state index contributed by atoms with van der Waals surface area (Å²) in [7, 11) is 0. The second kappa shape index (κ2) is 21.9. The summed E-state index contributed by atoms with van der Waals surface area (Å²) in [4.78, 5) is 0. The molecule has 0 aromatic heterocycles. The number of nitrogens with one attached hydrogen (secondary N) is 4. The van der Waals surface area contributed by atoms with Crippen molar-refractivity contribution in [3.63, 3.8) is 0 Å². The molecule has 3 heterocycles. The monoisotopic (exact) mass is 356 g/mol. The van der Waals surface area contributed by atoms with E-state index in [-0.39, 0.29) is 0 Å². The highest BCUT2D eigenvalue weighted by Gasteiger charge is 2.04. The minimum atomic E-state index is 0.786. The Morgan fingerprint density at radius 3 is 1.32 bits per heavy atom. The molecule has 3 aliphatic rings. The summed E-state index contributed by atoms with van der Waals surface area (Å²) in [5, 5.41) is 13.1. The van der Waals surface area contributed by atoms with Crippen molar-refractivity contribution in [2.45, 2.75) is 91.0 Å². The minimum Gasteiger partial charge on any atom is -0.317 e. The van der Waals surface area contributed by atoms with Crippen LogP contribution in [0.25, 0.3) is 0 Å². The van der Waals surface area contributed by atoms with E-state index in [1.165, 1.54) is 96.9 Å². The summed E-state index contributed by atoms with van der Waals surface area (Å²) in [6.07, 6.45) is 14.0. The first kappa shape index (κ1) is 24.8. The molecule has 3 saturated heterocycles. The molecule has 152 valence electrons. The van der Waals surface area contributed by atoms with Gasteiger partial charge in [0.25, 0.3) is 0 Å². The molecule has 4 nitrogen and oxygen atoms in total. The van der Waals surface area contributed by atoms with Crippen LogP contribution in [0.3, 0.4) is 0 Å². The molecule has 4 heteroatoms. The van der Waals surface area contributed by atoms with Crippen LogP contribution >= 0.6 is 0 Å². The third-order valence-electron chi connectivity index (χ3n) is 4.72. The lowest BCUT2D eigenvalue weighted by atomic mass is 10.1. The molecule has 0 aromatic carbocycles. The van der Waals surface area contributed by atoms with E-state index >= 15 is 0 Å². The Hall–Kier alpha value is -0.160. The zero-order chi connectivity index (χ0) is 18.4. The van der Waals surface area contributed by atoms with E-state index in [4.69, 9.17) is 0 Å². The van der Waals surface area contributed by atoms with Crippen molar-refractivity contribution < 1.29 is 0 Å². The minimum absolute atomic E-state index is 0.786. The molecule has 0 spiro atoms. The van der Waals surface area contributed by atoms with Gasteiger partial charge in [-0.15, -0.1) is 0 Å². The van der Waals surface area contributed by atoms with Gasteiger partial charge in [0.2, 0.25) is 0 Å². The third-order valence-corrected chi connectivity index (χ3v) is 4.72. The van der Waals surface area contributed by atoms with E-state index < -0.39 is 0 Å². The molecule has 0 aliphatic carbocycles. The first-order valence-corrected chi connectivity index (χ1v) is 11.2. The van der Waals surface area contributed by atoms with E-state index in [2.05, 4.69) is 42.0 Å². The van der Waals surface area contributed by atoms with Crippen LogP contribution in [0, 0.1) is 0 Å². The van der Waals surface area contributed by atoms with Gasteiger partial charge in [0.15, 0.2) is 0 Å². The first-order chi connectivity index (χ1) is 12.3. The lowest BCUT2D eigenvalue weighted by molar-refractivity contribution is 0.425. The van der Waals surface area contributed by atoms with E-state index in [1.807, 2.05) is 0 Å². The molecule has 1 unspecified atom stereocenters. The second-order valence-electron chi connectivity index (χ2n) is 7.28. The molecule has 4 N–H and O–H groups in total. The summed E-state index contributed by atoms with van der Waals surface area (Å²) in [5.41, 5.74) is 0. The highest BCUT2D eigenvalue weighted by molar-refractivity contribution is 4.65. The summed E-state index contributed by atoms with van der Waals surface area (Å²) in [6.45, 7) is 14.9. The quantitative estimate of drug-likeness (QED) is 0.610. The molecular weight excluding hydrogens is 308 g/mol. The average Bonchev–Trinajstić information content (AvgIpc) is 2.99. The zero-order valence-corrected chi connectivity index (χ0v) is 17.6. The fourth-order valence-corrected chi connectivity index (χ4v) is 3.06. The Balaban J connectivity index is 0.000000310. The van der Waals surface area contributed by atoms with E-state index in [9.17, 15) is 0 Å². The van der Waals surface area contributed by atoms with Gasteiger partial charge in [-0.2, -0.15) is 0 Å². The number of hydrogen-bond acceptors (Lipinski definition) is 4. The second-order valence-corrected chi connectivity index (χ2v) is 7.28. The predicted molar refractivity (Wildman–Crippen MR) is 114 cm³/mol. The van der Waals surface area contributed by atoms with Gasteiger partial charge in [-0.05, 0) is 91.3 Å². The van der Waals surface area contributed by atoms with E-state index in [0.29, 0.717) is 0 Å². The van der Waals surface area contributed by atoms with Crippen LogP contribution in [0.2, 0.25) is 0 Å². The highest BCUT2D eigenvalue weighted by atomic mass is 14.9. The summed E-state index contributed by atoms with van der Waals surface area (Å²) in [5.74, 6) is 0. The van der Waals surface area contributed by atoms with E-state index in [1.54, 1.807) is 0 Å². The highest BCUT2D eigenvalue weighted by Crippen LogP contribution is 2.04. The Morgan fingerprint density at radius 1 is 0.640 bits per heavy atom. The number of piperidine rings is 2. The van der Waals surface area contributed by atoms with Gasteiger partial charge in [0, 0.05) is 6.04 Å². The molecule has 3 rings (SSSR count). The van der Waals surface area contributed by atoms with Gasteiger partial charge in [-0.25, -0.2) is 0 Å². The SMILES string of the molecule is C1CCCNCC1.C1CCNCC1.CC1CCCCN1.CCNCC. The lowest BCUT2D eigenvalue weighted by Gasteiger charge is -2.18. The van der Waals surface area contributed by atoms with Crippen molar-refractivity contribution in [3.8, 4) is 0 Å². The van der Waals surface area contributed by atoms with Crippen LogP contribution in [0.1, 0.15) is 85.0 Å². The number of rotatable bonds is 2. The van der Waals surface area contributed by atoms with Crippen LogP contribution < -0.4 is 21.3 Å². The van der Waals surface area contributed by atoms with Gasteiger partial charge in [0.1, 0.15) is 0 Å². The molecule has 3 aliphatic heterocycles. The lowest BCUT2D eigenvalue weighted by Crippen LogP contribution is -2.30. The Kier molecular flexibility index (Phi) is 21.7. The smallest absolute Gasteiger partial charge is 0.00387 e. The van der Waals surface area contributed by atoms with Gasteiger partial charge < -0.3 is 21.3 Å². The van der Waals surface area contributed by atoms with E-state index in [0.717, 1.165) is 19.1 Å². The van der Waals surface area contributed by atoms with Crippen molar-refractivity contribution in [3.05, 3.63) is 0 Å². The molecule has 1 atom stereocenters. The van der Waals surface area contributed by atoms with Crippen molar-refractivity contribution in [2.75, 3.05) is 45.8 Å². The van der Waals surface area contributed by atoms with Gasteiger partial charge >= 0.3 is 0 Å². The molecule has 0 radical (unpaired) electrons. The first-order valence-electron chi connectivity index (χ1n) is 11.2. The fourth-order valence-electron chi connectivity index (χ4n) is 3.06. The molecular formula is C21H48N4. The maximum atomic E-state index is 3.38.